The first-order valence-corrected chi connectivity index (χ1v) is 28.9. The minimum atomic E-state index is -5.71. The number of aliphatic hydroxyl groups is 5. The van der Waals surface area contributed by atoms with Crippen molar-refractivity contribution in [2.45, 2.75) is 198 Å². The van der Waals surface area contributed by atoms with Gasteiger partial charge in [-0.2, -0.15) is 9.29 Å². The first kappa shape index (κ1) is 63.9. The van der Waals surface area contributed by atoms with E-state index in [4.69, 9.17) is 29.0 Å². The molecule has 23 heteroatoms. The van der Waals surface area contributed by atoms with Crippen molar-refractivity contribution in [2.24, 2.45) is 11.8 Å². The van der Waals surface area contributed by atoms with E-state index in [1.807, 2.05) is 6.92 Å². The van der Waals surface area contributed by atoms with Crippen molar-refractivity contribution in [2.75, 3.05) is 25.6 Å². The van der Waals surface area contributed by atoms with Crippen molar-refractivity contribution in [3.8, 4) is 0 Å². The molecule has 2 aliphatic rings. The fourth-order valence-corrected chi connectivity index (χ4v) is 10.4. The highest BCUT2D eigenvalue weighted by molar-refractivity contribution is 7.61. The second-order valence-corrected chi connectivity index (χ2v) is 21.7. The number of cyclic esters (lactones) is 1. The topological polar surface area (TPSA) is 326 Å². The summed E-state index contributed by atoms with van der Waals surface area (Å²) in [7, 11) is -11.3. The highest BCUT2D eigenvalue weighted by Crippen LogP contribution is 2.60. The van der Waals surface area contributed by atoms with Crippen LogP contribution in [0.5, 0.6) is 0 Å². The number of hydrogen-bond acceptors (Lipinski definition) is 18. The predicted octanol–water partition coefficient (Wildman–Crippen LogP) is 6.94. The third kappa shape index (κ3) is 25.8. The summed E-state index contributed by atoms with van der Waals surface area (Å²) in [6, 6.07) is 1.24. The molecule has 0 aromatic carbocycles. The number of nitrogens with zero attached hydrogens (tertiary/aromatic N) is 2. The second-order valence-electron chi connectivity index (χ2n) is 18.7. The predicted molar refractivity (Wildman–Crippen MR) is 272 cm³/mol. The van der Waals surface area contributed by atoms with Gasteiger partial charge in [-0.3, -0.25) is 23.2 Å². The molecule has 0 spiro atoms. The number of fused-ring (bicyclic) bond motifs is 3. The van der Waals surface area contributed by atoms with Gasteiger partial charge in [0.1, 0.15) is 30.9 Å². The van der Waals surface area contributed by atoms with E-state index in [9.17, 15) is 58.8 Å². The molecular formula is C50H83N3O18P2. The zero-order chi connectivity index (χ0) is 53.7. The Hall–Kier alpha value is -3.40. The van der Waals surface area contributed by atoms with Crippen molar-refractivity contribution in [1.82, 2.24) is 9.55 Å². The highest BCUT2D eigenvalue weighted by atomic mass is 31.3. The SMILES string of the molecule is CCCCCC/C=C\C=C/CCCCCCCC(=O)O[C@@H]1COC(=O)CCC/C=C\C[C@@H]2[C@H](n3ccc(N)nc3=O)O[C@H](COP(=O)(O)OP(=O)(O)OC1)[C@@H](O)[C@@H](O)[C@@H](/C=C/[C@@H](O)CCCCC)[C@H](O)C[C@@H]2O. The number of esters is 2. The number of allylic oxidation sites excluding steroid dienone is 6. The summed E-state index contributed by atoms with van der Waals surface area (Å²) in [5, 5.41) is 57.5. The van der Waals surface area contributed by atoms with Crippen molar-refractivity contribution < 1.29 is 81.6 Å². The number of anilines is 1. The third-order valence-electron chi connectivity index (χ3n) is 12.5. The number of carbonyl (C=O) groups is 2. The second kappa shape index (κ2) is 35.0. The number of ether oxygens (including phenoxy) is 3. The Morgan fingerprint density at radius 2 is 1.51 bits per heavy atom. The van der Waals surface area contributed by atoms with Gasteiger partial charge < -0.3 is 55.3 Å². The van der Waals surface area contributed by atoms with E-state index in [1.54, 1.807) is 12.2 Å². The molecule has 0 radical (unpaired) electrons. The van der Waals surface area contributed by atoms with E-state index in [1.165, 1.54) is 50.1 Å². The van der Waals surface area contributed by atoms with Crippen LogP contribution in [0.3, 0.4) is 0 Å². The van der Waals surface area contributed by atoms with Crippen LogP contribution in [0.1, 0.15) is 155 Å². The van der Waals surface area contributed by atoms with Crippen molar-refractivity contribution in [3.63, 3.8) is 0 Å². The van der Waals surface area contributed by atoms with Crippen LogP contribution in [0.15, 0.2) is 65.7 Å². The van der Waals surface area contributed by atoms with E-state index in [0.717, 1.165) is 55.9 Å². The van der Waals surface area contributed by atoms with Gasteiger partial charge in [-0.15, -0.1) is 0 Å². The Balaban J connectivity index is 1.82. The minimum Gasteiger partial charge on any atom is -0.462 e. The first-order chi connectivity index (χ1) is 34.9. The summed E-state index contributed by atoms with van der Waals surface area (Å²) in [4.78, 5) is 64.2. The number of unbranched alkanes of at least 4 members (excludes halogenated alkanes) is 11. The lowest BCUT2D eigenvalue weighted by Crippen LogP contribution is -2.52. The van der Waals surface area contributed by atoms with Gasteiger partial charge in [-0.05, 0) is 63.9 Å². The Morgan fingerprint density at radius 1 is 0.863 bits per heavy atom. The van der Waals surface area contributed by atoms with Crippen LogP contribution in [0.4, 0.5) is 5.82 Å². The molecule has 416 valence electrons. The zero-order valence-electron chi connectivity index (χ0n) is 42.5. The average Bonchev–Trinajstić information content (AvgIpc) is 3.33. The molecule has 2 bridgehead atoms. The standard InChI is InChI=1S/C50H83N3O18P2/c1-3-5-7-8-9-10-11-12-13-14-15-16-17-18-24-28-46(58)69-38-34-66-45(57)27-23-20-19-22-26-40-42(56)33-41(55)39(30-29-37(54)25-21-6-4-2)47(59)48(60)43(36-68-73(64,65)71-72(62,63)67-35-38)70-49(40)53-32-31-44(51)52-50(53)61/h10-13,19,22,29-32,37-43,47-49,54-56,59-60H,3-9,14-18,20-21,23-28,33-36H2,1-2H3,(H,62,63)(H,64,65)(H2,51,52,61)/b11-10-,13-12-,22-19-,30-29+/t37-,38+,39-,40-,41+,42-,43+,47-,48+,49+/m0/s1. The molecule has 0 aliphatic carbocycles. The number of hydrogen-bond donors (Lipinski definition) is 8. The summed E-state index contributed by atoms with van der Waals surface area (Å²) >= 11 is 0. The lowest BCUT2D eigenvalue weighted by atomic mass is 9.82. The van der Waals surface area contributed by atoms with Gasteiger partial charge in [0.25, 0.3) is 0 Å². The van der Waals surface area contributed by atoms with Crippen LogP contribution in [-0.4, -0.2) is 119 Å². The Labute approximate surface area is 429 Å². The monoisotopic (exact) mass is 1080 g/mol. The smallest absolute Gasteiger partial charge is 0.462 e. The van der Waals surface area contributed by atoms with Crippen LogP contribution in [0.2, 0.25) is 0 Å². The highest BCUT2D eigenvalue weighted by Gasteiger charge is 2.45. The molecule has 0 amide bonds. The number of aromatic nitrogens is 2. The van der Waals surface area contributed by atoms with E-state index < -0.39 is 120 Å². The lowest BCUT2D eigenvalue weighted by Gasteiger charge is -2.40. The maximum atomic E-state index is 13.4. The van der Waals surface area contributed by atoms with E-state index in [0.29, 0.717) is 25.7 Å². The molecule has 9 N–H and O–H groups in total. The summed E-state index contributed by atoms with van der Waals surface area (Å²) in [6.07, 6.45) is 15.9. The van der Waals surface area contributed by atoms with Crippen LogP contribution in [0.25, 0.3) is 0 Å². The number of phosphoric ester groups is 2. The maximum absolute atomic E-state index is 13.4. The summed E-state index contributed by atoms with van der Waals surface area (Å²) in [6.45, 7) is 1.44. The molecule has 2 aliphatic heterocycles. The molecule has 73 heavy (non-hydrogen) atoms. The summed E-state index contributed by atoms with van der Waals surface area (Å²) in [5.41, 5.74) is 4.78. The molecule has 21 nitrogen and oxygen atoms in total. The number of rotatable bonds is 22. The van der Waals surface area contributed by atoms with Gasteiger partial charge in [-0.1, -0.05) is 120 Å². The number of aliphatic hydroxyl groups excluding tert-OH is 5. The van der Waals surface area contributed by atoms with Gasteiger partial charge in [0, 0.05) is 37.3 Å². The van der Waals surface area contributed by atoms with Crippen LogP contribution in [-0.2, 0) is 46.3 Å². The van der Waals surface area contributed by atoms with Gasteiger partial charge in [0.2, 0.25) is 0 Å². The third-order valence-corrected chi connectivity index (χ3v) is 15.1. The van der Waals surface area contributed by atoms with Crippen LogP contribution in [0, 0.1) is 11.8 Å². The Morgan fingerprint density at radius 3 is 2.19 bits per heavy atom. The molecule has 1 aromatic heterocycles. The average molecular weight is 1080 g/mol. The number of phosphoric acid groups is 2. The maximum Gasteiger partial charge on any atom is 0.481 e. The zero-order valence-corrected chi connectivity index (χ0v) is 44.3. The van der Waals surface area contributed by atoms with Crippen LogP contribution >= 0.6 is 15.6 Å². The number of nitrogens with two attached hydrogens (primary N) is 1. The molecule has 3 heterocycles. The molecule has 1 aromatic rings. The number of carbonyl (C=O) groups excluding carboxylic acids is 2. The fourth-order valence-electron chi connectivity index (χ4n) is 8.28. The van der Waals surface area contributed by atoms with Crippen molar-refractivity contribution in [1.29, 1.82) is 0 Å². The van der Waals surface area contributed by atoms with E-state index >= 15 is 0 Å². The summed E-state index contributed by atoms with van der Waals surface area (Å²) in [5.74, 6) is -4.18. The lowest BCUT2D eigenvalue weighted by molar-refractivity contribution is -0.194. The van der Waals surface area contributed by atoms with Crippen molar-refractivity contribution >= 4 is 33.4 Å². The molecule has 3 rings (SSSR count). The Kier molecular flexibility index (Phi) is 30.7. The molecule has 2 unspecified atom stereocenters. The van der Waals surface area contributed by atoms with E-state index in [-0.39, 0.29) is 31.5 Å². The van der Waals surface area contributed by atoms with E-state index in [2.05, 4.69) is 40.5 Å². The minimum absolute atomic E-state index is 0.0182. The quantitative estimate of drug-likeness (QED) is 0.0192. The summed E-state index contributed by atoms with van der Waals surface area (Å²) < 4.78 is 59.1. The van der Waals surface area contributed by atoms with Gasteiger partial charge in [0.15, 0.2) is 6.10 Å². The molecule has 0 saturated carbocycles. The number of nitrogen functional groups attached to an aromatic ring is 1. The Bertz CT molecular complexity index is 2040. The van der Waals surface area contributed by atoms with Gasteiger partial charge >= 0.3 is 33.3 Å². The molecule has 1 fully saturated rings. The molecule has 1 saturated heterocycles. The van der Waals surface area contributed by atoms with Crippen LogP contribution < -0.4 is 11.4 Å². The van der Waals surface area contributed by atoms with Gasteiger partial charge in [0.05, 0.1) is 37.6 Å². The largest absolute Gasteiger partial charge is 0.481 e. The first-order valence-electron chi connectivity index (χ1n) is 25.9. The van der Waals surface area contributed by atoms with Crippen molar-refractivity contribution in [3.05, 3.63) is 71.4 Å². The fraction of sp³-hybridized carbons (Fsp3) is 0.720. The molecular weight excluding hydrogens is 993 g/mol. The molecule has 12 atom stereocenters. The normalized spacial score (nSPS) is 30.8. The van der Waals surface area contributed by atoms with Gasteiger partial charge in [-0.25, -0.2) is 13.9 Å².